The van der Waals surface area contributed by atoms with Crippen molar-refractivity contribution in [2.75, 3.05) is 18.9 Å². The van der Waals surface area contributed by atoms with Crippen LogP contribution in [-0.2, 0) is 4.79 Å². The van der Waals surface area contributed by atoms with E-state index in [9.17, 15) is 4.79 Å². The largest absolute Gasteiger partial charge is 0.324 e. The third-order valence-corrected chi connectivity index (χ3v) is 3.55. The van der Waals surface area contributed by atoms with E-state index < -0.39 is 0 Å². The van der Waals surface area contributed by atoms with E-state index in [1.54, 1.807) is 0 Å². The second-order valence-corrected chi connectivity index (χ2v) is 4.89. The molecule has 3 heteroatoms. The van der Waals surface area contributed by atoms with Gasteiger partial charge in [0.05, 0.1) is 6.04 Å². The van der Waals surface area contributed by atoms with Crippen molar-refractivity contribution in [2.24, 2.45) is 0 Å². The Morgan fingerprint density at radius 2 is 2.00 bits per heavy atom. The molecule has 1 aliphatic heterocycles. The zero-order valence-electron chi connectivity index (χ0n) is 10.8. The van der Waals surface area contributed by atoms with Crippen LogP contribution in [0, 0.1) is 13.8 Å². The van der Waals surface area contributed by atoms with Gasteiger partial charge in [-0.2, -0.15) is 0 Å². The van der Waals surface area contributed by atoms with Crippen LogP contribution < -0.4 is 5.32 Å². The number of hydrogen-bond acceptors (Lipinski definition) is 2. The molecule has 0 saturated carbocycles. The smallest absolute Gasteiger partial charge is 0.241 e. The molecule has 0 unspecified atom stereocenters. The highest BCUT2D eigenvalue weighted by Crippen LogP contribution is 2.22. The summed E-state index contributed by atoms with van der Waals surface area (Å²) in [6, 6.07) is 6.11. The summed E-state index contributed by atoms with van der Waals surface area (Å²) < 4.78 is 0. The van der Waals surface area contributed by atoms with E-state index >= 15 is 0 Å². The van der Waals surface area contributed by atoms with Crippen LogP contribution in [0.5, 0.6) is 0 Å². The van der Waals surface area contributed by atoms with E-state index in [2.05, 4.69) is 10.2 Å². The van der Waals surface area contributed by atoms with Gasteiger partial charge in [0.1, 0.15) is 0 Å². The monoisotopic (exact) mass is 232 g/mol. The highest BCUT2D eigenvalue weighted by Gasteiger charge is 2.28. The lowest BCUT2D eigenvalue weighted by Crippen LogP contribution is -2.37. The maximum absolute atomic E-state index is 12.2. The Hall–Kier alpha value is -1.35. The maximum Gasteiger partial charge on any atom is 0.241 e. The number of anilines is 1. The SMILES string of the molecule is Cc1cccc(C)c1NC(=O)[C@@H]1CCCN1C. The number of carbonyl (C=O) groups is 1. The van der Waals surface area contributed by atoms with Gasteiger partial charge in [0.2, 0.25) is 5.91 Å². The van der Waals surface area contributed by atoms with E-state index in [1.807, 2.05) is 39.1 Å². The molecule has 1 amide bonds. The number of likely N-dealkylation sites (N-methyl/N-ethyl adjacent to an activating group) is 1. The predicted molar refractivity (Wildman–Crippen MR) is 70.2 cm³/mol. The summed E-state index contributed by atoms with van der Waals surface area (Å²) in [6.45, 7) is 5.08. The molecule has 1 atom stereocenters. The van der Waals surface area contributed by atoms with Gasteiger partial charge in [-0.15, -0.1) is 0 Å². The van der Waals surface area contributed by atoms with Gasteiger partial charge < -0.3 is 5.32 Å². The summed E-state index contributed by atoms with van der Waals surface area (Å²) >= 11 is 0. The molecule has 0 spiro atoms. The lowest BCUT2D eigenvalue weighted by molar-refractivity contribution is -0.119. The standard InChI is InChI=1S/C14H20N2O/c1-10-6-4-7-11(2)13(10)15-14(17)12-8-5-9-16(12)3/h4,6-7,12H,5,8-9H2,1-3H3,(H,15,17)/t12-/m0/s1. The molecule has 3 nitrogen and oxygen atoms in total. The van der Waals surface area contributed by atoms with Gasteiger partial charge >= 0.3 is 0 Å². The molecule has 1 heterocycles. The Bertz CT molecular complexity index is 408. The van der Waals surface area contributed by atoms with Gasteiger partial charge in [-0.1, -0.05) is 18.2 Å². The first kappa shape index (κ1) is 12.1. The van der Waals surface area contributed by atoms with E-state index in [4.69, 9.17) is 0 Å². The Morgan fingerprint density at radius 1 is 1.35 bits per heavy atom. The van der Waals surface area contributed by atoms with Crippen molar-refractivity contribution in [1.82, 2.24) is 4.90 Å². The number of likely N-dealkylation sites (tertiary alicyclic amines) is 1. The Kier molecular flexibility index (Phi) is 3.48. The minimum atomic E-state index is 0.0361. The van der Waals surface area contributed by atoms with E-state index in [0.29, 0.717) is 0 Å². The topological polar surface area (TPSA) is 32.3 Å². The molecule has 0 radical (unpaired) electrons. The van der Waals surface area contributed by atoms with Crippen molar-refractivity contribution in [1.29, 1.82) is 0 Å². The minimum Gasteiger partial charge on any atom is -0.324 e. The molecule has 0 aliphatic carbocycles. The molecular formula is C14H20N2O. The van der Waals surface area contributed by atoms with Crippen molar-refractivity contribution in [2.45, 2.75) is 32.7 Å². The van der Waals surface area contributed by atoms with Crippen molar-refractivity contribution >= 4 is 11.6 Å². The molecule has 1 fully saturated rings. The summed E-state index contributed by atoms with van der Waals surface area (Å²) in [5, 5.41) is 3.07. The predicted octanol–water partition coefficient (Wildman–Crippen LogP) is 2.34. The molecule has 1 aromatic carbocycles. The van der Waals surface area contributed by atoms with Crippen molar-refractivity contribution < 1.29 is 4.79 Å². The van der Waals surface area contributed by atoms with Crippen LogP contribution in [0.15, 0.2) is 18.2 Å². The van der Waals surface area contributed by atoms with Crippen molar-refractivity contribution in [3.8, 4) is 0 Å². The summed E-state index contributed by atoms with van der Waals surface area (Å²) in [6.07, 6.45) is 2.08. The molecule has 17 heavy (non-hydrogen) atoms. The van der Waals surface area contributed by atoms with Gasteiger partial charge in [0.25, 0.3) is 0 Å². The fourth-order valence-corrected chi connectivity index (χ4v) is 2.46. The average Bonchev–Trinajstić information content (AvgIpc) is 2.70. The minimum absolute atomic E-state index is 0.0361. The fourth-order valence-electron chi connectivity index (χ4n) is 2.46. The molecule has 92 valence electrons. The van der Waals surface area contributed by atoms with Crippen LogP contribution in [0.25, 0.3) is 0 Å². The average molecular weight is 232 g/mol. The quantitative estimate of drug-likeness (QED) is 0.848. The highest BCUT2D eigenvalue weighted by atomic mass is 16.2. The summed E-state index contributed by atoms with van der Waals surface area (Å²) in [5.41, 5.74) is 3.22. The molecule has 1 N–H and O–H groups in total. The van der Waals surface area contributed by atoms with Gasteiger partial charge in [-0.3, -0.25) is 9.69 Å². The van der Waals surface area contributed by atoms with Crippen molar-refractivity contribution in [3.05, 3.63) is 29.3 Å². The van der Waals surface area contributed by atoms with E-state index in [-0.39, 0.29) is 11.9 Å². The normalized spacial score (nSPS) is 20.5. The third-order valence-electron chi connectivity index (χ3n) is 3.55. The molecular weight excluding hydrogens is 212 g/mol. The number of hydrogen-bond donors (Lipinski definition) is 1. The molecule has 1 saturated heterocycles. The van der Waals surface area contributed by atoms with Gasteiger partial charge in [-0.05, 0) is 51.4 Å². The molecule has 0 aromatic heterocycles. The Labute approximate surface area is 103 Å². The number of benzene rings is 1. The number of rotatable bonds is 2. The van der Waals surface area contributed by atoms with E-state index in [1.165, 1.54) is 0 Å². The highest BCUT2D eigenvalue weighted by molar-refractivity contribution is 5.96. The Balaban J connectivity index is 2.13. The van der Waals surface area contributed by atoms with Gasteiger partial charge in [0.15, 0.2) is 0 Å². The number of para-hydroxylation sites is 1. The number of amides is 1. The second-order valence-electron chi connectivity index (χ2n) is 4.89. The van der Waals surface area contributed by atoms with Crippen molar-refractivity contribution in [3.63, 3.8) is 0 Å². The van der Waals surface area contributed by atoms with Crippen LogP contribution in [0.2, 0.25) is 0 Å². The molecule has 0 bridgehead atoms. The zero-order valence-corrected chi connectivity index (χ0v) is 10.8. The van der Waals surface area contributed by atoms with Gasteiger partial charge in [0, 0.05) is 5.69 Å². The second kappa shape index (κ2) is 4.88. The van der Waals surface area contributed by atoms with Crippen LogP contribution >= 0.6 is 0 Å². The summed E-state index contributed by atoms with van der Waals surface area (Å²) in [5.74, 6) is 0.127. The number of nitrogens with one attached hydrogen (secondary N) is 1. The first-order chi connectivity index (χ1) is 8.09. The number of carbonyl (C=O) groups excluding carboxylic acids is 1. The zero-order chi connectivity index (χ0) is 12.4. The number of nitrogens with zero attached hydrogens (tertiary/aromatic N) is 1. The first-order valence-corrected chi connectivity index (χ1v) is 6.17. The van der Waals surface area contributed by atoms with Crippen LogP contribution in [0.3, 0.4) is 0 Å². The molecule has 1 aromatic rings. The van der Waals surface area contributed by atoms with E-state index in [0.717, 1.165) is 36.2 Å². The first-order valence-electron chi connectivity index (χ1n) is 6.17. The van der Waals surface area contributed by atoms with Gasteiger partial charge in [-0.25, -0.2) is 0 Å². The number of aryl methyl sites for hydroxylation is 2. The Morgan fingerprint density at radius 3 is 2.53 bits per heavy atom. The van der Waals surface area contributed by atoms with Crippen LogP contribution in [0.1, 0.15) is 24.0 Å². The molecule has 1 aliphatic rings. The fraction of sp³-hybridized carbons (Fsp3) is 0.500. The lowest BCUT2D eigenvalue weighted by Gasteiger charge is -2.20. The summed E-state index contributed by atoms with van der Waals surface area (Å²) in [4.78, 5) is 14.3. The van der Waals surface area contributed by atoms with Crippen LogP contribution in [0.4, 0.5) is 5.69 Å². The lowest BCUT2D eigenvalue weighted by atomic mass is 10.1. The summed E-state index contributed by atoms with van der Waals surface area (Å²) in [7, 11) is 2.02. The third kappa shape index (κ3) is 2.50. The molecule has 2 rings (SSSR count). The van der Waals surface area contributed by atoms with Crippen LogP contribution in [-0.4, -0.2) is 30.4 Å². The maximum atomic E-state index is 12.2.